The van der Waals surface area contributed by atoms with Crippen LogP contribution in [0.1, 0.15) is 30.9 Å². The van der Waals surface area contributed by atoms with Crippen LogP contribution < -0.4 is 10.6 Å². The number of rotatable bonds is 5. The van der Waals surface area contributed by atoms with Crippen molar-refractivity contribution in [2.45, 2.75) is 33.1 Å². The Kier molecular flexibility index (Phi) is 6.38. The van der Waals surface area contributed by atoms with Gasteiger partial charge in [0.05, 0.1) is 0 Å². The van der Waals surface area contributed by atoms with E-state index < -0.39 is 11.8 Å². The molecule has 0 bridgehead atoms. The molecule has 2 aromatic carbocycles. The predicted molar refractivity (Wildman–Crippen MR) is 98.5 cm³/mol. The molecule has 24 heavy (non-hydrogen) atoms. The fourth-order valence-corrected chi connectivity index (χ4v) is 2.36. The summed E-state index contributed by atoms with van der Waals surface area (Å²) in [6, 6.07) is 12.6. The fraction of sp³-hybridized carbons (Fsp3) is 0.263. The quantitative estimate of drug-likeness (QED) is 0.781. The molecule has 0 radical (unpaired) electrons. The molecule has 5 heteroatoms. The topological polar surface area (TPSA) is 58.2 Å². The van der Waals surface area contributed by atoms with E-state index in [1.165, 1.54) is 5.56 Å². The van der Waals surface area contributed by atoms with Gasteiger partial charge in [0.1, 0.15) is 0 Å². The third kappa shape index (κ3) is 5.10. The molecule has 0 aliphatic heterocycles. The minimum absolute atomic E-state index is 0.487. The summed E-state index contributed by atoms with van der Waals surface area (Å²) in [7, 11) is 0. The van der Waals surface area contributed by atoms with Crippen molar-refractivity contribution in [1.29, 1.82) is 0 Å². The SMILES string of the molecule is CCCCc1ccc(NC(=O)C(=O)Nc2ccc(C)c(Cl)c2)cc1. The Morgan fingerprint density at radius 1 is 0.958 bits per heavy atom. The second-order valence-electron chi connectivity index (χ2n) is 5.67. The van der Waals surface area contributed by atoms with Crippen LogP contribution >= 0.6 is 11.6 Å². The first-order valence-corrected chi connectivity index (χ1v) is 8.35. The highest BCUT2D eigenvalue weighted by molar-refractivity contribution is 6.43. The number of benzene rings is 2. The fourth-order valence-electron chi connectivity index (χ4n) is 2.18. The first-order chi connectivity index (χ1) is 11.5. The number of carbonyl (C=O) groups is 2. The largest absolute Gasteiger partial charge is 0.318 e. The Hall–Kier alpha value is -2.33. The van der Waals surface area contributed by atoms with Crippen molar-refractivity contribution in [2.75, 3.05) is 10.6 Å². The molecule has 0 spiro atoms. The molecule has 126 valence electrons. The third-order valence-corrected chi connectivity index (χ3v) is 4.07. The molecule has 4 nitrogen and oxygen atoms in total. The van der Waals surface area contributed by atoms with Gasteiger partial charge in [-0.1, -0.05) is 43.1 Å². The molecule has 2 aromatic rings. The van der Waals surface area contributed by atoms with E-state index in [-0.39, 0.29) is 0 Å². The molecular formula is C19H21ClN2O2. The molecule has 0 aliphatic carbocycles. The minimum Gasteiger partial charge on any atom is -0.318 e. The van der Waals surface area contributed by atoms with E-state index in [4.69, 9.17) is 11.6 Å². The smallest absolute Gasteiger partial charge is 0.314 e. The van der Waals surface area contributed by atoms with E-state index in [1.807, 2.05) is 19.1 Å². The highest BCUT2D eigenvalue weighted by Crippen LogP contribution is 2.20. The van der Waals surface area contributed by atoms with Gasteiger partial charge in [0.15, 0.2) is 0 Å². The standard InChI is InChI=1S/C19H21ClN2O2/c1-3-4-5-14-7-10-15(11-8-14)21-18(23)19(24)22-16-9-6-13(2)17(20)12-16/h6-12H,3-5H2,1-2H3,(H,21,23)(H,22,24). The monoisotopic (exact) mass is 344 g/mol. The van der Waals surface area contributed by atoms with E-state index in [1.54, 1.807) is 30.3 Å². The lowest BCUT2D eigenvalue weighted by Gasteiger charge is -2.08. The van der Waals surface area contributed by atoms with E-state index in [0.29, 0.717) is 16.4 Å². The number of hydrogen-bond donors (Lipinski definition) is 2. The van der Waals surface area contributed by atoms with Gasteiger partial charge in [-0.25, -0.2) is 0 Å². The normalized spacial score (nSPS) is 10.3. The van der Waals surface area contributed by atoms with Gasteiger partial charge < -0.3 is 10.6 Å². The molecule has 0 heterocycles. The molecular weight excluding hydrogens is 324 g/mol. The van der Waals surface area contributed by atoms with Crippen LogP contribution in [0.3, 0.4) is 0 Å². The van der Waals surface area contributed by atoms with Crippen LogP contribution in [-0.4, -0.2) is 11.8 Å². The number of amides is 2. The highest BCUT2D eigenvalue weighted by atomic mass is 35.5. The average molecular weight is 345 g/mol. The maximum atomic E-state index is 12.0. The van der Waals surface area contributed by atoms with Gasteiger partial charge in [0.2, 0.25) is 0 Å². The molecule has 0 aromatic heterocycles. The zero-order valence-corrected chi connectivity index (χ0v) is 14.6. The zero-order chi connectivity index (χ0) is 17.5. The van der Waals surface area contributed by atoms with Gasteiger partial charge in [0, 0.05) is 16.4 Å². The number of anilines is 2. The number of halogens is 1. The summed E-state index contributed by atoms with van der Waals surface area (Å²) in [5.74, 6) is -1.45. The Morgan fingerprint density at radius 3 is 2.12 bits per heavy atom. The summed E-state index contributed by atoms with van der Waals surface area (Å²) in [5, 5.41) is 5.66. The Labute approximate surface area is 147 Å². The van der Waals surface area contributed by atoms with Gasteiger partial charge >= 0.3 is 11.8 Å². The van der Waals surface area contributed by atoms with Crippen molar-refractivity contribution in [3.8, 4) is 0 Å². The van der Waals surface area contributed by atoms with E-state index in [9.17, 15) is 9.59 Å². The number of nitrogens with one attached hydrogen (secondary N) is 2. The van der Waals surface area contributed by atoms with E-state index in [2.05, 4.69) is 17.6 Å². The second-order valence-corrected chi connectivity index (χ2v) is 6.08. The summed E-state index contributed by atoms with van der Waals surface area (Å²) >= 11 is 6.01. The van der Waals surface area contributed by atoms with Crippen LogP contribution in [-0.2, 0) is 16.0 Å². The molecule has 0 unspecified atom stereocenters. The van der Waals surface area contributed by atoms with Crippen molar-refractivity contribution in [1.82, 2.24) is 0 Å². The first-order valence-electron chi connectivity index (χ1n) is 7.97. The van der Waals surface area contributed by atoms with Crippen molar-refractivity contribution < 1.29 is 9.59 Å². The lowest BCUT2D eigenvalue weighted by atomic mass is 10.1. The summed E-state index contributed by atoms with van der Waals surface area (Å²) in [4.78, 5) is 23.9. The first kappa shape index (κ1) is 18.0. The van der Waals surface area contributed by atoms with Gasteiger partial charge in [0.25, 0.3) is 0 Å². The molecule has 0 saturated carbocycles. The van der Waals surface area contributed by atoms with Crippen LogP contribution in [0.25, 0.3) is 0 Å². The van der Waals surface area contributed by atoms with Gasteiger partial charge in [-0.05, 0) is 55.2 Å². The van der Waals surface area contributed by atoms with Crippen LogP contribution in [0.5, 0.6) is 0 Å². The lowest BCUT2D eigenvalue weighted by molar-refractivity contribution is -0.132. The number of hydrogen-bond acceptors (Lipinski definition) is 2. The molecule has 0 aliphatic rings. The van der Waals surface area contributed by atoms with Crippen LogP contribution in [0, 0.1) is 6.92 Å². The zero-order valence-electron chi connectivity index (χ0n) is 13.9. The number of unbranched alkanes of at least 4 members (excludes halogenated alkanes) is 1. The summed E-state index contributed by atoms with van der Waals surface area (Å²) < 4.78 is 0. The predicted octanol–water partition coefficient (Wildman–Crippen LogP) is 4.57. The number of carbonyl (C=O) groups excluding carboxylic acids is 2. The van der Waals surface area contributed by atoms with Crippen molar-refractivity contribution >= 4 is 34.8 Å². The minimum atomic E-state index is -0.732. The van der Waals surface area contributed by atoms with Crippen molar-refractivity contribution in [3.63, 3.8) is 0 Å². The van der Waals surface area contributed by atoms with Gasteiger partial charge in [-0.15, -0.1) is 0 Å². The van der Waals surface area contributed by atoms with Crippen molar-refractivity contribution in [2.24, 2.45) is 0 Å². The van der Waals surface area contributed by atoms with E-state index in [0.717, 1.165) is 24.8 Å². The summed E-state index contributed by atoms with van der Waals surface area (Å²) in [5.41, 5.74) is 3.20. The Bertz CT molecular complexity index is 727. The van der Waals surface area contributed by atoms with Gasteiger partial charge in [-0.2, -0.15) is 0 Å². The summed E-state index contributed by atoms with van der Waals surface area (Å²) in [6.07, 6.45) is 3.29. The Balaban J connectivity index is 1.93. The molecule has 2 rings (SSSR count). The van der Waals surface area contributed by atoms with Crippen LogP contribution in [0.15, 0.2) is 42.5 Å². The third-order valence-electron chi connectivity index (χ3n) is 3.67. The van der Waals surface area contributed by atoms with E-state index >= 15 is 0 Å². The summed E-state index contributed by atoms with van der Waals surface area (Å²) in [6.45, 7) is 4.01. The van der Waals surface area contributed by atoms with Gasteiger partial charge in [-0.3, -0.25) is 9.59 Å². The number of aryl methyl sites for hydroxylation is 2. The molecule has 2 N–H and O–H groups in total. The lowest BCUT2D eigenvalue weighted by Crippen LogP contribution is -2.29. The van der Waals surface area contributed by atoms with Crippen molar-refractivity contribution in [3.05, 3.63) is 58.6 Å². The molecule has 2 amide bonds. The maximum Gasteiger partial charge on any atom is 0.314 e. The van der Waals surface area contributed by atoms with Crippen LogP contribution in [0.2, 0.25) is 5.02 Å². The maximum absolute atomic E-state index is 12.0. The Morgan fingerprint density at radius 2 is 1.54 bits per heavy atom. The molecule has 0 atom stereocenters. The molecule has 0 saturated heterocycles. The second kappa shape index (κ2) is 8.50. The average Bonchev–Trinajstić information content (AvgIpc) is 2.57. The highest BCUT2D eigenvalue weighted by Gasteiger charge is 2.14. The molecule has 0 fully saturated rings. The van der Waals surface area contributed by atoms with Crippen LogP contribution in [0.4, 0.5) is 11.4 Å².